The molecule has 4 aromatic rings. The maximum absolute atomic E-state index is 13.6. The number of anilines is 1. The lowest BCUT2D eigenvalue weighted by atomic mass is 10.1. The molecular formula is C27H31N5O2S. The molecule has 0 aliphatic carbocycles. The van der Waals surface area contributed by atoms with Crippen molar-refractivity contribution in [2.45, 2.75) is 47.6 Å². The number of hydrogen-bond donors (Lipinski definition) is 1. The van der Waals surface area contributed by atoms with Gasteiger partial charge in [-0.05, 0) is 64.8 Å². The second-order valence-corrected chi connectivity index (χ2v) is 10.7. The van der Waals surface area contributed by atoms with Crippen LogP contribution in [0.1, 0.15) is 51.1 Å². The third kappa shape index (κ3) is 4.84. The quantitative estimate of drug-likeness (QED) is 0.378. The van der Waals surface area contributed by atoms with E-state index < -0.39 is 0 Å². The van der Waals surface area contributed by atoms with Gasteiger partial charge in [0.1, 0.15) is 0 Å². The van der Waals surface area contributed by atoms with E-state index in [1.165, 1.54) is 9.78 Å². The third-order valence-corrected chi connectivity index (χ3v) is 7.04. The van der Waals surface area contributed by atoms with E-state index in [-0.39, 0.29) is 24.4 Å². The molecule has 0 saturated heterocycles. The molecular weight excluding hydrogens is 458 g/mol. The van der Waals surface area contributed by atoms with Gasteiger partial charge < -0.3 is 10.2 Å². The minimum Gasteiger partial charge on any atom is -0.332 e. The molecule has 0 bridgehead atoms. The Kier molecular flexibility index (Phi) is 6.76. The van der Waals surface area contributed by atoms with Gasteiger partial charge in [0.15, 0.2) is 5.65 Å². The van der Waals surface area contributed by atoms with Gasteiger partial charge in [0.2, 0.25) is 5.91 Å². The van der Waals surface area contributed by atoms with E-state index in [9.17, 15) is 9.59 Å². The molecule has 0 atom stereocenters. The Bertz CT molecular complexity index is 1410. The highest BCUT2D eigenvalue weighted by Crippen LogP contribution is 2.33. The maximum atomic E-state index is 13.6. The number of amides is 2. The summed E-state index contributed by atoms with van der Waals surface area (Å²) in [7, 11) is 1.64. The van der Waals surface area contributed by atoms with Crippen molar-refractivity contribution in [2.24, 2.45) is 0 Å². The van der Waals surface area contributed by atoms with Crippen molar-refractivity contribution in [3.05, 3.63) is 63.0 Å². The minimum absolute atomic E-state index is 0.0688. The summed E-state index contributed by atoms with van der Waals surface area (Å²) < 4.78 is 1.83. The van der Waals surface area contributed by atoms with Gasteiger partial charge in [-0.2, -0.15) is 5.10 Å². The number of pyridine rings is 1. The number of hydrogen-bond acceptors (Lipinski definition) is 5. The number of para-hydroxylation sites is 1. The Hall–Kier alpha value is -3.52. The number of nitrogens with zero attached hydrogens (tertiary/aromatic N) is 4. The van der Waals surface area contributed by atoms with E-state index in [0.29, 0.717) is 16.6 Å². The lowest BCUT2D eigenvalue weighted by Gasteiger charge is -2.19. The maximum Gasteiger partial charge on any atom is 0.254 e. The van der Waals surface area contributed by atoms with E-state index in [1.807, 2.05) is 56.6 Å². The van der Waals surface area contributed by atoms with Gasteiger partial charge >= 0.3 is 0 Å². The van der Waals surface area contributed by atoms with Gasteiger partial charge in [-0.1, -0.05) is 18.2 Å². The minimum atomic E-state index is -0.247. The molecule has 0 aliphatic heterocycles. The molecule has 4 rings (SSSR count). The summed E-state index contributed by atoms with van der Waals surface area (Å²) in [6.45, 7) is 12.0. The highest BCUT2D eigenvalue weighted by molar-refractivity contribution is 7.12. The number of fused-ring (bicyclic) bond motifs is 1. The van der Waals surface area contributed by atoms with Crippen LogP contribution in [0.25, 0.3) is 22.3 Å². The first-order valence-corrected chi connectivity index (χ1v) is 12.5. The van der Waals surface area contributed by atoms with E-state index in [1.54, 1.807) is 24.6 Å². The van der Waals surface area contributed by atoms with Crippen LogP contribution in [-0.2, 0) is 4.79 Å². The van der Waals surface area contributed by atoms with Gasteiger partial charge in [0, 0.05) is 34.1 Å². The highest BCUT2D eigenvalue weighted by atomic mass is 32.1. The molecule has 0 radical (unpaired) electrons. The van der Waals surface area contributed by atoms with Gasteiger partial charge in [-0.3, -0.25) is 9.59 Å². The average molecular weight is 490 g/mol. The lowest BCUT2D eigenvalue weighted by molar-refractivity contribution is -0.116. The Morgan fingerprint density at radius 2 is 1.80 bits per heavy atom. The normalized spacial score (nSPS) is 11.3. The summed E-state index contributed by atoms with van der Waals surface area (Å²) in [5, 5.41) is 8.14. The predicted molar refractivity (Wildman–Crippen MR) is 142 cm³/mol. The monoisotopic (exact) mass is 489 g/mol. The molecule has 2 amide bonds. The standard InChI is InChI=1S/C27H31N5O2S/c1-15(2)32-26-22(13-28-32)21(12-23(29-26)20-11-18(5)35-19(20)6)27(34)31(7)14-24(33)30-25-16(3)9-8-10-17(25)4/h8-13,15H,14H2,1-7H3,(H,30,33). The van der Waals surface area contributed by atoms with Crippen LogP contribution in [0.2, 0.25) is 0 Å². The summed E-state index contributed by atoms with van der Waals surface area (Å²) >= 11 is 1.70. The number of nitrogens with one attached hydrogen (secondary N) is 1. The molecule has 3 aromatic heterocycles. The summed E-state index contributed by atoms with van der Waals surface area (Å²) in [6, 6.07) is 9.87. The van der Waals surface area contributed by atoms with Gasteiger partial charge in [-0.25, -0.2) is 9.67 Å². The highest BCUT2D eigenvalue weighted by Gasteiger charge is 2.23. The van der Waals surface area contributed by atoms with Crippen LogP contribution in [0.3, 0.4) is 0 Å². The van der Waals surface area contributed by atoms with Crippen molar-refractivity contribution in [2.75, 3.05) is 18.9 Å². The van der Waals surface area contributed by atoms with Crippen molar-refractivity contribution >= 4 is 39.9 Å². The van der Waals surface area contributed by atoms with Crippen LogP contribution in [0.5, 0.6) is 0 Å². The molecule has 182 valence electrons. The number of rotatable bonds is 6. The molecule has 1 aromatic carbocycles. The molecule has 0 saturated carbocycles. The number of likely N-dealkylation sites (N-methyl/N-ethyl adjacent to an activating group) is 1. The summed E-state index contributed by atoms with van der Waals surface area (Å²) in [5.74, 6) is -0.492. The van der Waals surface area contributed by atoms with E-state index in [0.717, 1.165) is 32.9 Å². The van der Waals surface area contributed by atoms with Gasteiger partial charge in [0.25, 0.3) is 5.91 Å². The van der Waals surface area contributed by atoms with Gasteiger partial charge in [-0.15, -0.1) is 11.3 Å². The molecule has 0 unspecified atom stereocenters. The smallest absolute Gasteiger partial charge is 0.254 e. The Morgan fingerprint density at radius 1 is 1.11 bits per heavy atom. The largest absolute Gasteiger partial charge is 0.332 e. The van der Waals surface area contributed by atoms with Crippen LogP contribution < -0.4 is 5.32 Å². The number of benzene rings is 1. The first-order chi connectivity index (χ1) is 16.6. The van der Waals surface area contributed by atoms with Crippen LogP contribution in [0.15, 0.2) is 36.5 Å². The van der Waals surface area contributed by atoms with Crippen LogP contribution in [-0.4, -0.2) is 45.1 Å². The van der Waals surface area contributed by atoms with Crippen molar-refractivity contribution in [3.8, 4) is 11.3 Å². The molecule has 35 heavy (non-hydrogen) atoms. The van der Waals surface area contributed by atoms with E-state index >= 15 is 0 Å². The second kappa shape index (κ2) is 9.62. The first-order valence-electron chi connectivity index (χ1n) is 11.6. The summed E-state index contributed by atoms with van der Waals surface area (Å²) in [5.41, 5.74) is 5.65. The fourth-order valence-corrected chi connectivity index (χ4v) is 5.21. The topological polar surface area (TPSA) is 80.1 Å². The third-order valence-electron chi connectivity index (χ3n) is 6.08. The number of carbonyl (C=O) groups is 2. The lowest BCUT2D eigenvalue weighted by Crippen LogP contribution is -2.35. The second-order valence-electron chi connectivity index (χ2n) is 9.28. The number of aryl methyl sites for hydroxylation is 4. The zero-order valence-electron chi connectivity index (χ0n) is 21.3. The Morgan fingerprint density at radius 3 is 2.40 bits per heavy atom. The van der Waals surface area contributed by atoms with Crippen molar-refractivity contribution < 1.29 is 9.59 Å². The zero-order valence-corrected chi connectivity index (χ0v) is 22.1. The molecule has 0 spiro atoms. The Balaban J connectivity index is 1.69. The zero-order chi connectivity index (χ0) is 25.4. The van der Waals surface area contributed by atoms with Gasteiger partial charge in [0.05, 0.1) is 29.4 Å². The molecule has 8 heteroatoms. The molecule has 1 N–H and O–H groups in total. The van der Waals surface area contributed by atoms with Crippen molar-refractivity contribution in [1.82, 2.24) is 19.7 Å². The SMILES string of the molecule is Cc1cc(-c2cc(C(=O)N(C)CC(=O)Nc3c(C)cccc3C)c3cnn(C(C)C)c3n2)c(C)s1. The van der Waals surface area contributed by atoms with Crippen LogP contribution in [0.4, 0.5) is 5.69 Å². The van der Waals surface area contributed by atoms with Crippen molar-refractivity contribution in [3.63, 3.8) is 0 Å². The number of carbonyl (C=O) groups excluding carboxylic acids is 2. The predicted octanol–water partition coefficient (Wildman–Crippen LogP) is 5.69. The summed E-state index contributed by atoms with van der Waals surface area (Å²) in [4.78, 5) is 35.1. The van der Waals surface area contributed by atoms with Crippen LogP contribution >= 0.6 is 11.3 Å². The van der Waals surface area contributed by atoms with Crippen LogP contribution in [0, 0.1) is 27.7 Å². The fourth-order valence-electron chi connectivity index (χ4n) is 4.28. The number of aromatic nitrogens is 3. The first kappa shape index (κ1) is 24.6. The van der Waals surface area contributed by atoms with E-state index in [4.69, 9.17) is 4.98 Å². The molecule has 0 fully saturated rings. The molecule has 0 aliphatic rings. The van der Waals surface area contributed by atoms with E-state index in [2.05, 4.69) is 30.3 Å². The number of thiophene rings is 1. The average Bonchev–Trinajstić information content (AvgIpc) is 3.37. The molecule has 7 nitrogen and oxygen atoms in total. The summed E-state index contributed by atoms with van der Waals surface area (Å²) in [6.07, 6.45) is 1.69. The van der Waals surface area contributed by atoms with Crippen molar-refractivity contribution in [1.29, 1.82) is 0 Å². The Labute approximate surface area is 209 Å². The fraction of sp³-hybridized carbons (Fsp3) is 0.333. The molecule has 3 heterocycles.